The summed E-state index contributed by atoms with van der Waals surface area (Å²) in [5.74, 6) is 0.0880. The third kappa shape index (κ3) is 2.18. The van der Waals surface area contributed by atoms with E-state index in [-0.39, 0.29) is 5.92 Å². The molecule has 0 spiro atoms. The Labute approximate surface area is 73.1 Å². The molecule has 12 heavy (non-hydrogen) atoms. The van der Waals surface area contributed by atoms with Gasteiger partial charge in [0.25, 0.3) is 10.1 Å². The van der Waals surface area contributed by atoms with E-state index in [9.17, 15) is 8.42 Å². The van der Waals surface area contributed by atoms with E-state index >= 15 is 0 Å². The molecule has 1 rings (SSSR count). The fourth-order valence-electron chi connectivity index (χ4n) is 1.78. The topological polar surface area (TPSA) is 66.4 Å². The van der Waals surface area contributed by atoms with E-state index in [4.69, 9.17) is 4.55 Å². The Bertz CT molecular complexity index is 231. The molecule has 0 aromatic heterocycles. The maximum absolute atomic E-state index is 10.9. The molecule has 4 nitrogen and oxygen atoms in total. The normalized spacial score (nSPS) is 27.3. The Balaban J connectivity index is 2.68. The Morgan fingerprint density at radius 1 is 1.67 bits per heavy atom. The molecular weight excluding hydrogens is 178 g/mol. The highest BCUT2D eigenvalue weighted by Gasteiger charge is 2.32. The third-order valence-corrected chi connectivity index (χ3v) is 3.89. The smallest absolute Gasteiger partial charge is 0.268 e. The van der Waals surface area contributed by atoms with E-state index in [1.54, 1.807) is 6.92 Å². The lowest BCUT2D eigenvalue weighted by Crippen LogP contribution is -2.30. The minimum atomic E-state index is -3.84. The highest BCUT2D eigenvalue weighted by molar-refractivity contribution is 7.86. The van der Waals surface area contributed by atoms with Crippen LogP contribution in [0.3, 0.4) is 0 Å². The highest BCUT2D eigenvalue weighted by atomic mass is 32.2. The molecule has 1 aliphatic heterocycles. The molecule has 0 aliphatic carbocycles. The molecule has 1 fully saturated rings. The number of rotatable bonds is 3. The van der Waals surface area contributed by atoms with Gasteiger partial charge in [-0.1, -0.05) is 6.92 Å². The summed E-state index contributed by atoms with van der Waals surface area (Å²) in [6.45, 7) is 3.35. The van der Waals surface area contributed by atoms with E-state index in [1.165, 1.54) is 0 Å². The van der Waals surface area contributed by atoms with Crippen molar-refractivity contribution in [2.45, 2.75) is 25.0 Å². The maximum atomic E-state index is 10.9. The van der Waals surface area contributed by atoms with Gasteiger partial charge >= 0.3 is 0 Å². The first-order chi connectivity index (χ1) is 5.55. The average Bonchev–Trinajstić information content (AvgIpc) is 2.38. The molecule has 0 saturated carbocycles. The molecule has 2 unspecified atom stereocenters. The van der Waals surface area contributed by atoms with Gasteiger partial charge in [-0.15, -0.1) is 0 Å². The maximum Gasteiger partial charge on any atom is 0.268 e. The Morgan fingerprint density at radius 3 is 2.67 bits per heavy atom. The molecule has 2 N–H and O–H groups in total. The Morgan fingerprint density at radius 2 is 2.33 bits per heavy atom. The summed E-state index contributed by atoms with van der Waals surface area (Å²) >= 11 is 0. The van der Waals surface area contributed by atoms with Gasteiger partial charge in [-0.25, -0.2) is 0 Å². The van der Waals surface area contributed by atoms with Gasteiger partial charge < -0.3 is 5.32 Å². The average molecular weight is 193 g/mol. The van der Waals surface area contributed by atoms with Crippen molar-refractivity contribution >= 4 is 10.1 Å². The first-order valence-electron chi connectivity index (χ1n) is 4.22. The molecule has 1 aliphatic rings. The summed E-state index contributed by atoms with van der Waals surface area (Å²) in [5.41, 5.74) is 0. The van der Waals surface area contributed by atoms with Gasteiger partial charge in [-0.05, 0) is 31.8 Å². The Kier molecular flexibility index (Phi) is 3.09. The zero-order valence-corrected chi connectivity index (χ0v) is 7.97. The van der Waals surface area contributed by atoms with E-state index in [0.29, 0.717) is 13.0 Å². The second-order valence-electron chi connectivity index (χ2n) is 3.21. The quantitative estimate of drug-likeness (QED) is 0.631. The van der Waals surface area contributed by atoms with Crippen molar-refractivity contribution in [2.24, 2.45) is 5.92 Å². The van der Waals surface area contributed by atoms with E-state index in [2.05, 4.69) is 5.32 Å². The van der Waals surface area contributed by atoms with Crippen LogP contribution in [0.1, 0.15) is 19.8 Å². The van der Waals surface area contributed by atoms with Gasteiger partial charge in [0.15, 0.2) is 0 Å². The van der Waals surface area contributed by atoms with Crippen molar-refractivity contribution in [3.05, 3.63) is 0 Å². The fraction of sp³-hybridized carbons (Fsp3) is 1.00. The molecule has 72 valence electrons. The van der Waals surface area contributed by atoms with Gasteiger partial charge in [0, 0.05) is 0 Å². The van der Waals surface area contributed by atoms with Crippen LogP contribution in [-0.4, -0.2) is 31.3 Å². The van der Waals surface area contributed by atoms with E-state index < -0.39 is 15.4 Å². The predicted octanol–water partition coefficient (Wildman–Crippen LogP) is 0.262. The van der Waals surface area contributed by atoms with E-state index in [0.717, 1.165) is 13.0 Å². The van der Waals surface area contributed by atoms with Gasteiger partial charge in [0.05, 0.1) is 5.25 Å². The summed E-state index contributed by atoms with van der Waals surface area (Å²) in [6.07, 6.45) is 1.34. The second kappa shape index (κ2) is 3.72. The van der Waals surface area contributed by atoms with Crippen molar-refractivity contribution in [1.29, 1.82) is 0 Å². The largest absolute Gasteiger partial charge is 0.316 e. The van der Waals surface area contributed by atoms with Gasteiger partial charge in [0.2, 0.25) is 0 Å². The molecule has 2 atom stereocenters. The fourth-order valence-corrected chi connectivity index (χ4v) is 2.92. The monoisotopic (exact) mass is 193 g/mol. The zero-order valence-electron chi connectivity index (χ0n) is 7.16. The van der Waals surface area contributed by atoms with Crippen LogP contribution in [0.25, 0.3) is 0 Å². The van der Waals surface area contributed by atoms with Crippen LogP contribution in [0.4, 0.5) is 0 Å². The first kappa shape index (κ1) is 9.95. The first-order valence-corrected chi connectivity index (χ1v) is 5.73. The van der Waals surface area contributed by atoms with Crippen LogP contribution in [-0.2, 0) is 10.1 Å². The molecule has 0 radical (unpaired) electrons. The molecule has 1 saturated heterocycles. The van der Waals surface area contributed by atoms with Gasteiger partial charge in [-0.3, -0.25) is 4.55 Å². The number of nitrogens with one attached hydrogen (secondary N) is 1. The summed E-state index contributed by atoms with van der Waals surface area (Å²) in [4.78, 5) is 0. The van der Waals surface area contributed by atoms with Crippen LogP contribution in [0, 0.1) is 5.92 Å². The molecule has 0 aromatic carbocycles. The van der Waals surface area contributed by atoms with Crippen LogP contribution in [0.2, 0.25) is 0 Å². The minimum absolute atomic E-state index is 0.0880. The van der Waals surface area contributed by atoms with Gasteiger partial charge in [-0.2, -0.15) is 8.42 Å². The van der Waals surface area contributed by atoms with Crippen molar-refractivity contribution < 1.29 is 13.0 Å². The van der Waals surface area contributed by atoms with E-state index in [1.807, 2.05) is 0 Å². The lowest BCUT2D eigenvalue weighted by molar-refractivity contribution is 0.425. The predicted molar refractivity (Wildman–Crippen MR) is 46.6 cm³/mol. The summed E-state index contributed by atoms with van der Waals surface area (Å²) in [6, 6.07) is 0. The SMILES string of the molecule is CCC(C1CCNC1)S(=O)(=O)O. The van der Waals surface area contributed by atoms with Crippen molar-refractivity contribution in [1.82, 2.24) is 5.32 Å². The zero-order chi connectivity index (χ0) is 9.19. The molecule has 0 bridgehead atoms. The van der Waals surface area contributed by atoms with Crippen LogP contribution in [0.15, 0.2) is 0 Å². The van der Waals surface area contributed by atoms with Crippen LogP contribution in [0.5, 0.6) is 0 Å². The van der Waals surface area contributed by atoms with Crippen molar-refractivity contribution in [3.8, 4) is 0 Å². The van der Waals surface area contributed by atoms with Crippen LogP contribution >= 0.6 is 0 Å². The summed E-state index contributed by atoms with van der Waals surface area (Å²) < 4.78 is 30.6. The highest BCUT2D eigenvalue weighted by Crippen LogP contribution is 2.21. The van der Waals surface area contributed by atoms with Crippen LogP contribution < -0.4 is 5.32 Å². The van der Waals surface area contributed by atoms with Crippen molar-refractivity contribution in [2.75, 3.05) is 13.1 Å². The second-order valence-corrected chi connectivity index (χ2v) is 4.85. The lowest BCUT2D eigenvalue weighted by Gasteiger charge is -2.17. The molecule has 1 heterocycles. The number of hydrogen-bond donors (Lipinski definition) is 2. The van der Waals surface area contributed by atoms with Crippen molar-refractivity contribution in [3.63, 3.8) is 0 Å². The summed E-state index contributed by atoms with van der Waals surface area (Å²) in [7, 11) is -3.84. The Hall–Kier alpha value is -0.130. The lowest BCUT2D eigenvalue weighted by atomic mass is 10.0. The molecule has 0 amide bonds. The number of hydrogen-bond acceptors (Lipinski definition) is 3. The molecular formula is C7H15NO3S. The van der Waals surface area contributed by atoms with Gasteiger partial charge in [0.1, 0.15) is 0 Å². The third-order valence-electron chi connectivity index (χ3n) is 2.41. The standard InChI is InChI=1S/C7H15NO3S/c1-2-7(12(9,10)11)6-3-4-8-5-6/h6-8H,2-5H2,1H3,(H,9,10,11). The minimum Gasteiger partial charge on any atom is -0.316 e. The molecule has 5 heteroatoms. The summed E-state index contributed by atoms with van der Waals surface area (Å²) in [5, 5.41) is 2.51. The molecule has 0 aromatic rings.